The van der Waals surface area contributed by atoms with Crippen molar-refractivity contribution in [2.45, 2.75) is 19.4 Å². The lowest BCUT2D eigenvalue weighted by molar-refractivity contribution is -0.135. The van der Waals surface area contributed by atoms with E-state index in [-0.39, 0.29) is 17.6 Å². The first-order valence-electron chi connectivity index (χ1n) is 6.37. The lowest BCUT2D eigenvalue weighted by atomic mass is 9.98. The number of benzene rings is 1. The van der Waals surface area contributed by atoms with Crippen molar-refractivity contribution in [3.63, 3.8) is 0 Å². The molecule has 1 fully saturated rings. The molecule has 0 bridgehead atoms. The SMILES string of the molecule is CN(Cc1ccccc1F)C(=O)C1CCCNC1. The van der Waals surface area contributed by atoms with Gasteiger partial charge < -0.3 is 10.2 Å². The fraction of sp³-hybridized carbons (Fsp3) is 0.500. The van der Waals surface area contributed by atoms with E-state index < -0.39 is 0 Å². The Morgan fingerprint density at radius 3 is 2.94 bits per heavy atom. The Balaban J connectivity index is 1.96. The van der Waals surface area contributed by atoms with E-state index in [4.69, 9.17) is 0 Å². The zero-order valence-electron chi connectivity index (χ0n) is 10.7. The summed E-state index contributed by atoms with van der Waals surface area (Å²) >= 11 is 0. The Morgan fingerprint density at radius 1 is 1.50 bits per heavy atom. The van der Waals surface area contributed by atoms with Gasteiger partial charge in [-0.25, -0.2) is 4.39 Å². The van der Waals surface area contributed by atoms with Crippen LogP contribution in [0.15, 0.2) is 24.3 Å². The third-order valence-corrected chi connectivity index (χ3v) is 3.39. The lowest BCUT2D eigenvalue weighted by Crippen LogP contribution is -2.41. The summed E-state index contributed by atoms with van der Waals surface area (Å²) in [5.41, 5.74) is 0.567. The fourth-order valence-electron chi connectivity index (χ4n) is 2.33. The van der Waals surface area contributed by atoms with Crippen molar-refractivity contribution in [3.05, 3.63) is 35.6 Å². The molecule has 3 nitrogen and oxygen atoms in total. The van der Waals surface area contributed by atoms with Crippen molar-refractivity contribution in [3.8, 4) is 0 Å². The van der Waals surface area contributed by atoms with E-state index in [2.05, 4.69) is 5.32 Å². The first-order chi connectivity index (χ1) is 8.68. The highest BCUT2D eigenvalue weighted by Crippen LogP contribution is 2.15. The van der Waals surface area contributed by atoms with E-state index >= 15 is 0 Å². The molecule has 0 radical (unpaired) electrons. The summed E-state index contributed by atoms with van der Waals surface area (Å²) in [6.07, 6.45) is 1.96. The van der Waals surface area contributed by atoms with Crippen LogP contribution < -0.4 is 5.32 Å². The molecule has 1 N–H and O–H groups in total. The number of nitrogens with one attached hydrogen (secondary N) is 1. The van der Waals surface area contributed by atoms with Gasteiger partial charge in [-0.2, -0.15) is 0 Å². The summed E-state index contributed by atoms with van der Waals surface area (Å²) in [6.45, 7) is 2.06. The normalized spacial score (nSPS) is 19.6. The Bertz CT molecular complexity index is 416. The molecule has 1 aliphatic heterocycles. The molecule has 98 valence electrons. The van der Waals surface area contributed by atoms with Crippen molar-refractivity contribution in [2.75, 3.05) is 20.1 Å². The van der Waals surface area contributed by atoms with Crippen LogP contribution in [0.3, 0.4) is 0 Å². The van der Waals surface area contributed by atoms with E-state index in [0.717, 1.165) is 25.9 Å². The van der Waals surface area contributed by atoms with Crippen LogP contribution >= 0.6 is 0 Å². The number of nitrogens with zero attached hydrogens (tertiary/aromatic N) is 1. The molecule has 1 aliphatic rings. The van der Waals surface area contributed by atoms with Gasteiger partial charge in [-0.1, -0.05) is 18.2 Å². The number of carbonyl (C=O) groups is 1. The third-order valence-electron chi connectivity index (χ3n) is 3.39. The predicted molar refractivity (Wildman–Crippen MR) is 68.5 cm³/mol. The Labute approximate surface area is 107 Å². The maximum Gasteiger partial charge on any atom is 0.227 e. The average molecular weight is 250 g/mol. The minimum atomic E-state index is -0.251. The van der Waals surface area contributed by atoms with E-state index in [1.807, 2.05) is 0 Å². The highest BCUT2D eigenvalue weighted by atomic mass is 19.1. The maximum atomic E-state index is 13.5. The molecule has 1 atom stereocenters. The van der Waals surface area contributed by atoms with Crippen molar-refractivity contribution in [1.82, 2.24) is 10.2 Å². The summed E-state index contributed by atoms with van der Waals surface area (Å²) in [4.78, 5) is 13.8. The van der Waals surface area contributed by atoms with Gasteiger partial charge in [0.05, 0.1) is 5.92 Å². The standard InChI is InChI=1S/C14H19FN2O/c1-17(10-12-5-2-3-7-13(12)15)14(18)11-6-4-8-16-9-11/h2-3,5,7,11,16H,4,6,8-10H2,1H3. The van der Waals surface area contributed by atoms with Gasteiger partial charge in [0.25, 0.3) is 0 Å². The highest BCUT2D eigenvalue weighted by Gasteiger charge is 2.24. The van der Waals surface area contributed by atoms with Crippen LogP contribution in [0.25, 0.3) is 0 Å². The Hall–Kier alpha value is -1.42. The predicted octanol–water partition coefficient (Wildman–Crippen LogP) is 1.78. The van der Waals surface area contributed by atoms with Crippen LogP contribution in [0.2, 0.25) is 0 Å². The zero-order valence-corrected chi connectivity index (χ0v) is 10.7. The lowest BCUT2D eigenvalue weighted by Gasteiger charge is -2.27. The minimum Gasteiger partial charge on any atom is -0.341 e. The van der Waals surface area contributed by atoms with Crippen LogP contribution in [-0.4, -0.2) is 30.9 Å². The van der Waals surface area contributed by atoms with Gasteiger partial charge in [0.1, 0.15) is 5.82 Å². The fourth-order valence-corrected chi connectivity index (χ4v) is 2.33. The molecule has 1 saturated heterocycles. The Morgan fingerprint density at radius 2 is 2.28 bits per heavy atom. The first-order valence-corrected chi connectivity index (χ1v) is 6.37. The van der Waals surface area contributed by atoms with Crippen LogP contribution in [0.4, 0.5) is 4.39 Å². The summed E-state index contributed by atoms with van der Waals surface area (Å²) in [5.74, 6) is -0.111. The maximum absolute atomic E-state index is 13.5. The number of rotatable bonds is 3. The van der Waals surface area contributed by atoms with Gasteiger partial charge in [0, 0.05) is 25.7 Å². The van der Waals surface area contributed by atoms with Crippen LogP contribution in [0, 0.1) is 11.7 Å². The van der Waals surface area contributed by atoms with Crippen LogP contribution in [-0.2, 0) is 11.3 Å². The van der Waals surface area contributed by atoms with Crippen molar-refractivity contribution >= 4 is 5.91 Å². The topological polar surface area (TPSA) is 32.3 Å². The quantitative estimate of drug-likeness (QED) is 0.887. The zero-order chi connectivity index (χ0) is 13.0. The smallest absolute Gasteiger partial charge is 0.227 e. The van der Waals surface area contributed by atoms with Crippen LogP contribution in [0.1, 0.15) is 18.4 Å². The number of carbonyl (C=O) groups excluding carboxylic acids is 1. The van der Waals surface area contributed by atoms with Crippen LogP contribution in [0.5, 0.6) is 0 Å². The number of hydrogen-bond acceptors (Lipinski definition) is 2. The molecule has 1 amide bonds. The summed E-state index contributed by atoms with van der Waals surface area (Å²) < 4.78 is 13.5. The molecule has 0 aromatic heterocycles. The molecule has 1 aromatic carbocycles. The van der Waals surface area contributed by atoms with E-state index in [1.165, 1.54) is 6.07 Å². The minimum absolute atomic E-state index is 0.0375. The molecular formula is C14H19FN2O. The van der Waals surface area contributed by atoms with Gasteiger partial charge in [-0.3, -0.25) is 4.79 Å². The van der Waals surface area contributed by atoms with Gasteiger partial charge in [-0.15, -0.1) is 0 Å². The second kappa shape index (κ2) is 5.96. The molecule has 1 unspecified atom stereocenters. The first kappa shape index (κ1) is 13.0. The molecule has 1 aromatic rings. The monoisotopic (exact) mass is 250 g/mol. The van der Waals surface area contributed by atoms with E-state index in [1.54, 1.807) is 30.1 Å². The third kappa shape index (κ3) is 3.07. The molecular weight excluding hydrogens is 231 g/mol. The van der Waals surface area contributed by atoms with Crippen molar-refractivity contribution in [1.29, 1.82) is 0 Å². The molecule has 4 heteroatoms. The van der Waals surface area contributed by atoms with Gasteiger partial charge in [-0.05, 0) is 25.5 Å². The highest BCUT2D eigenvalue weighted by molar-refractivity contribution is 5.78. The summed E-state index contributed by atoms with van der Waals surface area (Å²) in [5, 5.41) is 3.22. The summed E-state index contributed by atoms with van der Waals surface area (Å²) in [6, 6.07) is 6.60. The van der Waals surface area contributed by atoms with Gasteiger partial charge >= 0.3 is 0 Å². The van der Waals surface area contributed by atoms with Crippen molar-refractivity contribution < 1.29 is 9.18 Å². The number of amides is 1. The van der Waals surface area contributed by atoms with Gasteiger partial charge in [0.15, 0.2) is 0 Å². The average Bonchev–Trinajstić information content (AvgIpc) is 2.41. The number of halogens is 1. The largest absolute Gasteiger partial charge is 0.341 e. The Kier molecular flexibility index (Phi) is 4.31. The molecule has 2 rings (SSSR count). The van der Waals surface area contributed by atoms with Crippen molar-refractivity contribution in [2.24, 2.45) is 5.92 Å². The summed E-state index contributed by atoms with van der Waals surface area (Å²) in [7, 11) is 1.74. The molecule has 0 aliphatic carbocycles. The number of hydrogen-bond donors (Lipinski definition) is 1. The van der Waals surface area contributed by atoms with E-state index in [9.17, 15) is 9.18 Å². The van der Waals surface area contributed by atoms with Gasteiger partial charge in [0.2, 0.25) is 5.91 Å². The second-order valence-corrected chi connectivity index (χ2v) is 4.83. The second-order valence-electron chi connectivity index (χ2n) is 4.83. The molecule has 18 heavy (non-hydrogen) atoms. The molecule has 0 spiro atoms. The van der Waals surface area contributed by atoms with E-state index in [0.29, 0.717) is 12.1 Å². The number of piperidine rings is 1. The molecule has 1 heterocycles. The molecule has 0 saturated carbocycles.